The number of rotatable bonds is 1. The highest BCUT2D eigenvalue weighted by atomic mass is 32.2. The van der Waals surface area contributed by atoms with E-state index in [0.29, 0.717) is 17.4 Å². The molecule has 2 unspecified atom stereocenters. The number of ether oxygens (including phenoxy) is 1. The standard InChI is InChI=1S/C12H21NOS/c1-9(2)10-11(3-4-11)7-13-12(14-10)5-6-15-8-12/h9-10,13H,3-8H2,1-2H3. The van der Waals surface area contributed by atoms with Crippen molar-refractivity contribution in [2.24, 2.45) is 11.3 Å². The predicted molar refractivity (Wildman–Crippen MR) is 64.1 cm³/mol. The Morgan fingerprint density at radius 3 is 2.67 bits per heavy atom. The van der Waals surface area contributed by atoms with Gasteiger partial charge < -0.3 is 4.74 Å². The molecule has 3 aliphatic rings. The predicted octanol–water partition coefficient (Wildman–Crippen LogP) is 2.24. The first-order chi connectivity index (χ1) is 7.16. The van der Waals surface area contributed by atoms with Gasteiger partial charge in [0.1, 0.15) is 5.72 Å². The molecule has 0 bridgehead atoms. The lowest BCUT2D eigenvalue weighted by molar-refractivity contribution is -0.174. The molecule has 15 heavy (non-hydrogen) atoms. The first-order valence-electron chi connectivity index (χ1n) is 6.17. The Bertz CT molecular complexity index is 256. The molecular formula is C12H21NOS. The zero-order valence-corrected chi connectivity index (χ0v) is 10.5. The van der Waals surface area contributed by atoms with Crippen LogP contribution < -0.4 is 5.32 Å². The van der Waals surface area contributed by atoms with Crippen LogP contribution in [0.2, 0.25) is 0 Å². The molecule has 0 aromatic heterocycles. The van der Waals surface area contributed by atoms with E-state index in [0.717, 1.165) is 5.75 Å². The molecule has 2 nitrogen and oxygen atoms in total. The molecule has 0 radical (unpaired) electrons. The van der Waals surface area contributed by atoms with Crippen LogP contribution in [-0.2, 0) is 4.74 Å². The van der Waals surface area contributed by atoms with Gasteiger partial charge in [-0.05, 0) is 30.9 Å². The van der Waals surface area contributed by atoms with Crippen LogP contribution >= 0.6 is 11.8 Å². The van der Waals surface area contributed by atoms with E-state index in [1.54, 1.807) is 0 Å². The molecule has 3 heteroatoms. The van der Waals surface area contributed by atoms with Gasteiger partial charge in [0.2, 0.25) is 0 Å². The van der Waals surface area contributed by atoms with Crippen molar-refractivity contribution in [1.29, 1.82) is 0 Å². The summed E-state index contributed by atoms with van der Waals surface area (Å²) in [6.45, 7) is 5.81. The zero-order valence-electron chi connectivity index (χ0n) is 9.71. The summed E-state index contributed by atoms with van der Waals surface area (Å²) < 4.78 is 6.44. The Morgan fingerprint density at radius 1 is 1.33 bits per heavy atom. The molecule has 1 N–H and O–H groups in total. The number of hydrogen-bond donors (Lipinski definition) is 1. The molecular weight excluding hydrogens is 206 g/mol. The van der Waals surface area contributed by atoms with Crippen molar-refractivity contribution in [3.63, 3.8) is 0 Å². The summed E-state index contributed by atoms with van der Waals surface area (Å²) >= 11 is 2.03. The maximum absolute atomic E-state index is 6.44. The van der Waals surface area contributed by atoms with Crippen LogP contribution in [0.1, 0.15) is 33.1 Å². The summed E-state index contributed by atoms with van der Waals surface area (Å²) in [5, 5.41) is 3.69. The fraction of sp³-hybridized carbons (Fsp3) is 1.00. The Labute approximate surface area is 96.5 Å². The van der Waals surface area contributed by atoms with Gasteiger partial charge in [-0.15, -0.1) is 0 Å². The lowest BCUT2D eigenvalue weighted by atomic mass is 9.87. The fourth-order valence-corrected chi connectivity index (χ4v) is 4.35. The maximum atomic E-state index is 6.44. The normalized spacial score (nSPS) is 43.0. The van der Waals surface area contributed by atoms with E-state index in [1.807, 2.05) is 11.8 Å². The minimum absolute atomic E-state index is 0.0352. The summed E-state index contributed by atoms with van der Waals surface area (Å²) in [4.78, 5) is 0. The number of hydrogen-bond acceptors (Lipinski definition) is 3. The van der Waals surface area contributed by atoms with E-state index in [4.69, 9.17) is 4.74 Å². The first kappa shape index (κ1) is 10.4. The van der Waals surface area contributed by atoms with Crippen molar-refractivity contribution in [3.05, 3.63) is 0 Å². The van der Waals surface area contributed by atoms with Crippen molar-refractivity contribution in [1.82, 2.24) is 5.32 Å². The minimum Gasteiger partial charge on any atom is -0.356 e. The van der Waals surface area contributed by atoms with E-state index in [-0.39, 0.29) is 5.72 Å². The van der Waals surface area contributed by atoms with Gasteiger partial charge >= 0.3 is 0 Å². The van der Waals surface area contributed by atoms with Gasteiger partial charge in [0.05, 0.1) is 6.10 Å². The molecule has 3 fully saturated rings. The summed E-state index contributed by atoms with van der Waals surface area (Å²) in [6, 6.07) is 0. The quantitative estimate of drug-likeness (QED) is 0.742. The summed E-state index contributed by atoms with van der Waals surface area (Å²) in [5.74, 6) is 3.06. The summed E-state index contributed by atoms with van der Waals surface area (Å²) in [7, 11) is 0. The van der Waals surface area contributed by atoms with Crippen molar-refractivity contribution >= 4 is 11.8 Å². The zero-order chi connectivity index (χ0) is 10.5. The first-order valence-corrected chi connectivity index (χ1v) is 7.32. The SMILES string of the molecule is CC(C)C1OC2(CCSC2)NCC12CC2. The van der Waals surface area contributed by atoms with E-state index in [2.05, 4.69) is 19.2 Å². The summed E-state index contributed by atoms with van der Waals surface area (Å²) in [5.41, 5.74) is 0.542. The lowest BCUT2D eigenvalue weighted by Gasteiger charge is -2.46. The van der Waals surface area contributed by atoms with Crippen LogP contribution in [-0.4, -0.2) is 29.9 Å². The van der Waals surface area contributed by atoms with Crippen molar-refractivity contribution in [2.75, 3.05) is 18.1 Å². The van der Waals surface area contributed by atoms with E-state index in [9.17, 15) is 0 Å². The molecule has 1 saturated carbocycles. The molecule has 0 amide bonds. The van der Waals surface area contributed by atoms with Crippen LogP contribution in [0.3, 0.4) is 0 Å². The highest BCUT2D eigenvalue weighted by molar-refractivity contribution is 7.99. The van der Waals surface area contributed by atoms with Gasteiger partial charge in [-0.25, -0.2) is 0 Å². The van der Waals surface area contributed by atoms with Gasteiger partial charge in [0, 0.05) is 17.7 Å². The van der Waals surface area contributed by atoms with Gasteiger partial charge in [0.25, 0.3) is 0 Å². The molecule has 1 aliphatic carbocycles. The van der Waals surface area contributed by atoms with Crippen molar-refractivity contribution < 1.29 is 4.74 Å². The van der Waals surface area contributed by atoms with Crippen LogP contribution in [0.15, 0.2) is 0 Å². The van der Waals surface area contributed by atoms with E-state index < -0.39 is 0 Å². The molecule has 86 valence electrons. The average Bonchev–Trinajstić information content (AvgIpc) is 2.85. The topological polar surface area (TPSA) is 21.3 Å². The molecule has 0 aromatic rings. The van der Waals surface area contributed by atoms with Crippen LogP contribution in [0.4, 0.5) is 0 Å². The third-order valence-corrected chi connectivity index (χ3v) is 5.37. The minimum atomic E-state index is 0.0352. The molecule has 2 heterocycles. The maximum Gasteiger partial charge on any atom is 0.129 e. The second-order valence-electron chi connectivity index (χ2n) is 5.80. The van der Waals surface area contributed by atoms with E-state index >= 15 is 0 Å². The Hall–Kier alpha value is 0.270. The number of nitrogens with one attached hydrogen (secondary N) is 1. The molecule has 2 aliphatic heterocycles. The number of thioether (sulfide) groups is 1. The van der Waals surface area contributed by atoms with Gasteiger partial charge in [-0.2, -0.15) is 11.8 Å². The van der Waals surface area contributed by atoms with Gasteiger partial charge in [-0.1, -0.05) is 13.8 Å². The van der Waals surface area contributed by atoms with Gasteiger partial charge in [-0.3, -0.25) is 5.32 Å². The molecule has 2 saturated heterocycles. The third-order valence-electron chi connectivity index (χ3n) is 4.20. The Morgan fingerprint density at radius 2 is 2.13 bits per heavy atom. The fourth-order valence-electron chi connectivity index (χ4n) is 3.09. The molecule has 2 atom stereocenters. The summed E-state index contributed by atoms with van der Waals surface area (Å²) in [6.07, 6.45) is 4.42. The monoisotopic (exact) mass is 227 g/mol. The second-order valence-corrected chi connectivity index (χ2v) is 6.90. The average molecular weight is 227 g/mol. The highest BCUT2D eigenvalue weighted by Crippen LogP contribution is 2.55. The smallest absolute Gasteiger partial charge is 0.129 e. The highest BCUT2D eigenvalue weighted by Gasteiger charge is 2.57. The Balaban J connectivity index is 1.78. The van der Waals surface area contributed by atoms with Gasteiger partial charge in [0.15, 0.2) is 0 Å². The largest absolute Gasteiger partial charge is 0.356 e. The second kappa shape index (κ2) is 3.38. The third kappa shape index (κ3) is 1.63. The Kier molecular flexibility index (Phi) is 2.35. The molecule has 2 spiro atoms. The van der Waals surface area contributed by atoms with Crippen LogP contribution in [0, 0.1) is 11.3 Å². The van der Waals surface area contributed by atoms with Crippen molar-refractivity contribution in [3.8, 4) is 0 Å². The lowest BCUT2D eigenvalue weighted by Crippen LogP contribution is -2.60. The van der Waals surface area contributed by atoms with E-state index in [1.165, 1.54) is 31.6 Å². The van der Waals surface area contributed by atoms with Crippen molar-refractivity contribution in [2.45, 2.75) is 44.9 Å². The molecule has 3 rings (SSSR count). The van der Waals surface area contributed by atoms with Crippen LogP contribution in [0.25, 0.3) is 0 Å². The van der Waals surface area contributed by atoms with Crippen LogP contribution in [0.5, 0.6) is 0 Å². The molecule has 0 aromatic carbocycles.